The lowest BCUT2D eigenvalue weighted by molar-refractivity contribution is -0.0212. The lowest BCUT2D eigenvalue weighted by Crippen LogP contribution is -2.45. The molecule has 1 aliphatic heterocycles. The summed E-state index contributed by atoms with van der Waals surface area (Å²) in [6.07, 6.45) is 5.55. The van der Waals surface area contributed by atoms with Gasteiger partial charge in [0.2, 0.25) is 0 Å². The molecule has 4 heteroatoms. The summed E-state index contributed by atoms with van der Waals surface area (Å²) in [4.78, 5) is 2.44. The summed E-state index contributed by atoms with van der Waals surface area (Å²) in [5.41, 5.74) is 0.456. The third-order valence-electron chi connectivity index (χ3n) is 3.61. The second-order valence-electron chi connectivity index (χ2n) is 5.22. The normalized spacial score (nSPS) is 20.6. The molecule has 1 fully saturated rings. The maximum absolute atomic E-state index is 10.5. The van der Waals surface area contributed by atoms with Crippen LogP contribution in [0, 0.1) is 0 Å². The molecule has 0 unspecified atom stereocenters. The first-order valence-electron chi connectivity index (χ1n) is 6.54. The van der Waals surface area contributed by atoms with E-state index < -0.39 is 5.60 Å². The quantitative estimate of drug-likeness (QED) is 0.855. The highest BCUT2D eigenvalue weighted by molar-refractivity contribution is 5.05. The molecule has 2 rings (SSSR count). The third-order valence-corrected chi connectivity index (χ3v) is 3.61. The molecule has 17 heavy (non-hydrogen) atoms. The van der Waals surface area contributed by atoms with Gasteiger partial charge in [0.05, 0.1) is 11.3 Å². The molecule has 0 amide bonds. The maximum atomic E-state index is 10.5. The minimum Gasteiger partial charge on any atom is -0.389 e. The van der Waals surface area contributed by atoms with Gasteiger partial charge in [0.1, 0.15) is 0 Å². The van der Waals surface area contributed by atoms with Crippen molar-refractivity contribution in [2.24, 2.45) is 7.05 Å². The average molecular weight is 237 g/mol. The molecule has 1 N–H and O–H groups in total. The molecule has 0 spiro atoms. The zero-order valence-electron chi connectivity index (χ0n) is 10.9. The van der Waals surface area contributed by atoms with Crippen molar-refractivity contribution in [3.8, 4) is 0 Å². The number of aromatic nitrogens is 2. The number of hydrogen-bond acceptors (Lipinski definition) is 3. The van der Waals surface area contributed by atoms with Crippen molar-refractivity contribution in [1.29, 1.82) is 0 Å². The summed E-state index contributed by atoms with van der Waals surface area (Å²) in [5.74, 6) is 0. The molecule has 4 nitrogen and oxygen atoms in total. The fourth-order valence-corrected chi connectivity index (χ4v) is 2.58. The molecule has 0 aliphatic carbocycles. The van der Waals surface area contributed by atoms with Crippen LogP contribution in [0.25, 0.3) is 0 Å². The van der Waals surface area contributed by atoms with Crippen molar-refractivity contribution in [2.45, 2.75) is 38.2 Å². The minimum atomic E-state index is -0.543. The molecule has 0 atom stereocenters. The molecule has 96 valence electrons. The Hall–Kier alpha value is -0.870. The molecule has 1 aliphatic rings. The SMILES string of the molecule is CCCN1CCC(O)(Cc2ccn(C)n2)CC1. The van der Waals surface area contributed by atoms with Gasteiger partial charge in [-0.3, -0.25) is 4.68 Å². The van der Waals surface area contributed by atoms with Crippen molar-refractivity contribution in [1.82, 2.24) is 14.7 Å². The van der Waals surface area contributed by atoms with Crippen molar-refractivity contribution in [3.63, 3.8) is 0 Å². The molecule has 1 aromatic rings. The molecule has 0 radical (unpaired) electrons. The Bertz CT molecular complexity index is 353. The van der Waals surface area contributed by atoms with Gasteiger partial charge in [-0.25, -0.2) is 0 Å². The van der Waals surface area contributed by atoms with Crippen LogP contribution < -0.4 is 0 Å². The Kier molecular flexibility index (Phi) is 3.84. The predicted octanol–water partition coefficient (Wildman–Crippen LogP) is 1.20. The van der Waals surface area contributed by atoms with Crippen LogP contribution in [0.1, 0.15) is 31.9 Å². The van der Waals surface area contributed by atoms with Crippen LogP contribution in [0.5, 0.6) is 0 Å². The summed E-state index contributed by atoms with van der Waals surface area (Å²) in [6.45, 7) is 5.38. The molecular formula is C13H23N3O. The highest BCUT2D eigenvalue weighted by Gasteiger charge is 2.32. The van der Waals surface area contributed by atoms with Gasteiger partial charge >= 0.3 is 0 Å². The van der Waals surface area contributed by atoms with E-state index in [0.29, 0.717) is 6.42 Å². The van der Waals surface area contributed by atoms with E-state index in [0.717, 1.165) is 38.2 Å². The van der Waals surface area contributed by atoms with E-state index in [4.69, 9.17) is 0 Å². The van der Waals surface area contributed by atoms with Crippen LogP contribution in [0.4, 0.5) is 0 Å². The Morgan fingerprint density at radius 2 is 2.12 bits per heavy atom. The van der Waals surface area contributed by atoms with Gasteiger partial charge in [-0.05, 0) is 31.9 Å². The predicted molar refractivity (Wildman–Crippen MR) is 67.8 cm³/mol. The molecule has 0 saturated carbocycles. The van der Waals surface area contributed by atoms with Gasteiger partial charge in [-0.1, -0.05) is 6.92 Å². The van der Waals surface area contributed by atoms with Crippen LogP contribution in [0.15, 0.2) is 12.3 Å². The van der Waals surface area contributed by atoms with Crippen LogP contribution in [0.3, 0.4) is 0 Å². The molecule has 2 heterocycles. The Labute approximate surface area is 103 Å². The number of aliphatic hydroxyl groups is 1. The zero-order valence-corrected chi connectivity index (χ0v) is 10.9. The minimum absolute atomic E-state index is 0.543. The van der Waals surface area contributed by atoms with E-state index >= 15 is 0 Å². The van der Waals surface area contributed by atoms with Crippen molar-refractivity contribution >= 4 is 0 Å². The van der Waals surface area contributed by atoms with Crippen LogP contribution in [-0.4, -0.2) is 45.0 Å². The van der Waals surface area contributed by atoms with Crippen LogP contribution >= 0.6 is 0 Å². The molecule has 1 saturated heterocycles. The van der Waals surface area contributed by atoms with E-state index in [-0.39, 0.29) is 0 Å². The second-order valence-corrected chi connectivity index (χ2v) is 5.22. The van der Waals surface area contributed by atoms with Crippen LogP contribution in [-0.2, 0) is 13.5 Å². The first-order valence-corrected chi connectivity index (χ1v) is 6.54. The van der Waals surface area contributed by atoms with Crippen molar-refractivity contribution < 1.29 is 5.11 Å². The van der Waals surface area contributed by atoms with E-state index in [2.05, 4.69) is 16.9 Å². The molecule has 1 aromatic heterocycles. The van der Waals surface area contributed by atoms with E-state index in [1.54, 1.807) is 4.68 Å². The Balaban J connectivity index is 1.89. The van der Waals surface area contributed by atoms with E-state index in [9.17, 15) is 5.11 Å². The summed E-state index contributed by atoms with van der Waals surface area (Å²) in [7, 11) is 1.91. The Morgan fingerprint density at radius 3 is 2.65 bits per heavy atom. The van der Waals surface area contributed by atoms with E-state index in [1.165, 1.54) is 6.42 Å². The number of rotatable bonds is 4. The monoisotopic (exact) mass is 237 g/mol. The third kappa shape index (κ3) is 3.30. The lowest BCUT2D eigenvalue weighted by Gasteiger charge is -2.37. The highest BCUT2D eigenvalue weighted by atomic mass is 16.3. The smallest absolute Gasteiger partial charge is 0.0728 e. The second kappa shape index (κ2) is 5.19. The summed E-state index contributed by atoms with van der Waals surface area (Å²) >= 11 is 0. The molecule has 0 aromatic carbocycles. The Morgan fingerprint density at radius 1 is 1.41 bits per heavy atom. The highest BCUT2D eigenvalue weighted by Crippen LogP contribution is 2.25. The van der Waals surface area contributed by atoms with Gasteiger partial charge in [0.15, 0.2) is 0 Å². The fourth-order valence-electron chi connectivity index (χ4n) is 2.58. The van der Waals surface area contributed by atoms with Gasteiger partial charge in [0.25, 0.3) is 0 Å². The zero-order chi connectivity index (χ0) is 12.3. The lowest BCUT2D eigenvalue weighted by atomic mass is 9.87. The first-order chi connectivity index (χ1) is 8.11. The van der Waals surface area contributed by atoms with Gasteiger partial charge in [0, 0.05) is 32.8 Å². The summed E-state index contributed by atoms with van der Waals surface area (Å²) < 4.78 is 1.80. The van der Waals surface area contributed by atoms with Gasteiger partial charge in [-0.2, -0.15) is 5.10 Å². The summed E-state index contributed by atoms with van der Waals surface area (Å²) in [5, 5.41) is 14.9. The van der Waals surface area contributed by atoms with Gasteiger partial charge < -0.3 is 10.0 Å². The molecular weight excluding hydrogens is 214 g/mol. The van der Waals surface area contributed by atoms with Crippen molar-refractivity contribution in [2.75, 3.05) is 19.6 Å². The topological polar surface area (TPSA) is 41.3 Å². The fraction of sp³-hybridized carbons (Fsp3) is 0.769. The van der Waals surface area contributed by atoms with Gasteiger partial charge in [-0.15, -0.1) is 0 Å². The molecule has 0 bridgehead atoms. The standard InChI is InChI=1S/C13H23N3O/c1-3-7-16-9-5-13(17,6-10-16)11-12-4-8-15(2)14-12/h4,8,17H,3,5-7,9-11H2,1-2H3. The number of piperidine rings is 1. The number of nitrogens with zero attached hydrogens (tertiary/aromatic N) is 3. The van der Waals surface area contributed by atoms with E-state index in [1.807, 2.05) is 19.3 Å². The number of aryl methyl sites for hydroxylation is 1. The number of hydrogen-bond donors (Lipinski definition) is 1. The first kappa shape index (κ1) is 12.6. The largest absolute Gasteiger partial charge is 0.389 e. The van der Waals surface area contributed by atoms with Crippen molar-refractivity contribution in [3.05, 3.63) is 18.0 Å². The van der Waals surface area contributed by atoms with Crippen LogP contribution in [0.2, 0.25) is 0 Å². The number of likely N-dealkylation sites (tertiary alicyclic amines) is 1. The maximum Gasteiger partial charge on any atom is 0.0728 e. The summed E-state index contributed by atoms with van der Waals surface area (Å²) in [6, 6.07) is 2.00. The average Bonchev–Trinajstić information content (AvgIpc) is 2.68.